The molecule has 17 heteroatoms. The molecule has 4 rings (SSSR count). The molecule has 2 aromatic carbocycles. The van der Waals surface area contributed by atoms with E-state index in [-0.39, 0.29) is 52.2 Å². The molecule has 0 bridgehead atoms. The lowest BCUT2D eigenvalue weighted by atomic mass is 9.98. The second-order valence-corrected chi connectivity index (χ2v) is 13.8. The number of fused-ring (bicyclic) bond motifs is 1. The SMILES string of the molecule is C=C[C@H](C)Nc1nc2c(c(=O)n1-c1ccc(C(=O)N(C)C(=O)O[C@@H](C)OC(=O)[C@@H](N)C(C)C)cc1)C[C@@H](C)N(C(=O)c1ccc(Br)c(C(F)(F)F)c1)C2. The number of imide groups is 1. The summed E-state index contributed by atoms with van der Waals surface area (Å²) >= 11 is 2.90. The summed E-state index contributed by atoms with van der Waals surface area (Å²) in [6.45, 7) is 11.8. The van der Waals surface area contributed by atoms with Crippen LogP contribution in [0.3, 0.4) is 0 Å². The number of amides is 3. The number of nitrogens with zero attached hydrogens (tertiary/aromatic N) is 4. The number of rotatable bonds is 10. The number of nitrogens with two attached hydrogens (primary N) is 1. The van der Waals surface area contributed by atoms with Crippen molar-refractivity contribution in [2.24, 2.45) is 11.7 Å². The lowest BCUT2D eigenvalue weighted by molar-refractivity contribution is -0.168. The van der Waals surface area contributed by atoms with E-state index in [1.54, 1.807) is 33.8 Å². The Kier molecular flexibility index (Phi) is 12.5. The van der Waals surface area contributed by atoms with Crippen LogP contribution in [0.4, 0.5) is 23.9 Å². The zero-order chi connectivity index (χ0) is 39.5. The van der Waals surface area contributed by atoms with Crippen LogP contribution in [0, 0.1) is 5.92 Å². The molecule has 4 atom stereocenters. The van der Waals surface area contributed by atoms with Gasteiger partial charge >= 0.3 is 18.2 Å². The molecule has 3 amide bonds. The smallest absolute Gasteiger partial charge is 0.419 e. The van der Waals surface area contributed by atoms with E-state index < -0.39 is 59.5 Å². The Labute approximate surface area is 312 Å². The van der Waals surface area contributed by atoms with Crippen LogP contribution in [-0.4, -0.2) is 74.7 Å². The van der Waals surface area contributed by atoms with E-state index in [0.717, 1.165) is 6.07 Å². The highest BCUT2D eigenvalue weighted by Gasteiger charge is 2.36. The maximum Gasteiger partial charge on any atom is 0.419 e. The molecule has 1 aromatic heterocycles. The van der Waals surface area contributed by atoms with Gasteiger partial charge in [-0.15, -0.1) is 6.58 Å². The number of hydrogen-bond donors (Lipinski definition) is 2. The summed E-state index contributed by atoms with van der Waals surface area (Å²) in [5.74, 6) is -2.29. The average molecular weight is 806 g/mol. The standard InChI is InChI=1S/C36H40BrF3N6O7/c1-8-19(4)42-34-43-28-17-45(31(48)23-11-14-27(37)26(16-23)36(38,39)40)20(5)15-25(28)32(49)46(34)24-12-9-22(10-13-24)30(47)44(7)35(51)53-21(6)52-33(50)29(41)18(2)3/h8-14,16,18-21,29H,1,15,17,41H2,2-7H3,(H,42,43)/t19-,20+,21-,29-/m0/s1. The lowest BCUT2D eigenvalue weighted by Gasteiger charge is -2.35. The summed E-state index contributed by atoms with van der Waals surface area (Å²) in [7, 11) is 1.19. The molecule has 13 nitrogen and oxygen atoms in total. The maximum absolute atomic E-state index is 14.1. The molecule has 53 heavy (non-hydrogen) atoms. The zero-order valence-corrected chi connectivity index (χ0v) is 31.4. The molecule has 0 fully saturated rings. The third-order valence-corrected chi connectivity index (χ3v) is 9.29. The minimum absolute atomic E-state index is 0.0630. The van der Waals surface area contributed by atoms with E-state index in [2.05, 4.69) is 32.8 Å². The predicted molar refractivity (Wildman–Crippen MR) is 192 cm³/mol. The normalized spacial score (nSPS) is 15.8. The largest absolute Gasteiger partial charge is 0.424 e. The van der Waals surface area contributed by atoms with Gasteiger partial charge in [0.2, 0.25) is 12.2 Å². The van der Waals surface area contributed by atoms with E-state index in [9.17, 15) is 37.1 Å². The molecule has 2 heterocycles. The summed E-state index contributed by atoms with van der Waals surface area (Å²) in [6, 6.07) is 7.14. The summed E-state index contributed by atoms with van der Waals surface area (Å²) in [6.07, 6.45) is -5.44. The fourth-order valence-electron chi connectivity index (χ4n) is 5.36. The third kappa shape index (κ3) is 9.14. The molecular weight excluding hydrogens is 765 g/mol. The van der Waals surface area contributed by atoms with E-state index >= 15 is 0 Å². The quantitative estimate of drug-likeness (QED) is 0.148. The molecule has 1 aliphatic heterocycles. The molecule has 0 aliphatic carbocycles. The van der Waals surface area contributed by atoms with Gasteiger partial charge < -0.3 is 25.4 Å². The maximum atomic E-state index is 14.1. The van der Waals surface area contributed by atoms with Crippen LogP contribution in [0.5, 0.6) is 0 Å². The molecule has 0 saturated carbocycles. The fourth-order valence-corrected chi connectivity index (χ4v) is 5.83. The van der Waals surface area contributed by atoms with Crippen molar-refractivity contribution in [2.75, 3.05) is 12.4 Å². The van der Waals surface area contributed by atoms with E-state index in [1.807, 2.05) is 0 Å². The van der Waals surface area contributed by atoms with Gasteiger partial charge in [-0.3, -0.25) is 19.2 Å². The minimum atomic E-state index is -4.68. The number of anilines is 1. The Bertz CT molecular complexity index is 1970. The van der Waals surface area contributed by atoms with Gasteiger partial charge in [0.15, 0.2) is 0 Å². The van der Waals surface area contributed by atoms with Crippen molar-refractivity contribution >= 4 is 45.8 Å². The van der Waals surface area contributed by atoms with Crippen molar-refractivity contribution in [3.05, 3.63) is 97.9 Å². The van der Waals surface area contributed by atoms with E-state index in [4.69, 9.17) is 15.2 Å². The molecule has 0 unspecified atom stereocenters. The minimum Gasteiger partial charge on any atom is -0.424 e. The number of ether oxygens (including phenoxy) is 2. The van der Waals surface area contributed by atoms with Crippen LogP contribution >= 0.6 is 15.9 Å². The number of carbonyl (C=O) groups excluding carboxylic acids is 4. The summed E-state index contributed by atoms with van der Waals surface area (Å²) < 4.78 is 52.0. The van der Waals surface area contributed by atoms with Crippen molar-refractivity contribution in [3.8, 4) is 5.69 Å². The Hall–Kier alpha value is -5.03. The molecule has 0 radical (unpaired) electrons. The molecule has 3 aromatic rings. The third-order valence-electron chi connectivity index (χ3n) is 8.59. The van der Waals surface area contributed by atoms with Crippen LogP contribution in [-0.2, 0) is 33.4 Å². The van der Waals surface area contributed by atoms with Crippen LogP contribution in [0.25, 0.3) is 5.69 Å². The van der Waals surface area contributed by atoms with Gasteiger partial charge in [-0.05, 0) is 68.7 Å². The molecule has 1 aliphatic rings. The molecule has 3 N–H and O–H groups in total. The Morgan fingerprint density at radius 3 is 2.28 bits per heavy atom. The first-order valence-corrected chi connectivity index (χ1v) is 17.3. The first kappa shape index (κ1) is 40.7. The average Bonchev–Trinajstić information content (AvgIpc) is 3.10. The number of carbonyl (C=O) groups is 4. The number of benzene rings is 2. The number of alkyl halides is 3. The van der Waals surface area contributed by atoms with Crippen LogP contribution < -0.4 is 16.6 Å². The first-order valence-electron chi connectivity index (χ1n) is 16.5. The number of aromatic nitrogens is 2. The summed E-state index contributed by atoms with van der Waals surface area (Å²) in [5, 5.41) is 3.10. The molecular formula is C36H40BrF3N6O7. The van der Waals surface area contributed by atoms with Crippen LogP contribution in [0.2, 0.25) is 0 Å². The van der Waals surface area contributed by atoms with Crippen molar-refractivity contribution in [3.63, 3.8) is 0 Å². The van der Waals surface area contributed by atoms with Gasteiger partial charge in [-0.2, -0.15) is 13.2 Å². The van der Waals surface area contributed by atoms with Crippen molar-refractivity contribution in [1.29, 1.82) is 0 Å². The van der Waals surface area contributed by atoms with Crippen molar-refractivity contribution in [1.82, 2.24) is 19.4 Å². The highest BCUT2D eigenvalue weighted by Crippen LogP contribution is 2.36. The zero-order valence-electron chi connectivity index (χ0n) is 29.9. The van der Waals surface area contributed by atoms with Gasteiger partial charge in [0.05, 0.1) is 23.5 Å². The number of esters is 1. The Morgan fingerprint density at radius 1 is 1.08 bits per heavy atom. The summed E-state index contributed by atoms with van der Waals surface area (Å²) in [5.41, 5.74) is 5.10. The highest BCUT2D eigenvalue weighted by molar-refractivity contribution is 9.10. The Balaban J connectivity index is 1.60. The second kappa shape index (κ2) is 16.3. The van der Waals surface area contributed by atoms with E-state index in [0.29, 0.717) is 16.2 Å². The van der Waals surface area contributed by atoms with Gasteiger partial charge in [0.1, 0.15) is 6.04 Å². The predicted octanol–water partition coefficient (Wildman–Crippen LogP) is 5.67. The number of halogens is 4. The van der Waals surface area contributed by atoms with Crippen LogP contribution in [0.15, 0.2) is 64.4 Å². The van der Waals surface area contributed by atoms with Crippen molar-refractivity contribution < 1.29 is 41.8 Å². The van der Waals surface area contributed by atoms with Crippen LogP contribution in [0.1, 0.15) is 72.2 Å². The molecule has 0 saturated heterocycles. The number of nitrogens with one attached hydrogen (secondary N) is 1. The number of hydrogen-bond acceptors (Lipinski definition) is 10. The first-order chi connectivity index (χ1) is 24.7. The highest BCUT2D eigenvalue weighted by atomic mass is 79.9. The van der Waals surface area contributed by atoms with Gasteiger partial charge in [0.25, 0.3) is 17.4 Å². The topological polar surface area (TPSA) is 166 Å². The monoisotopic (exact) mass is 804 g/mol. The Morgan fingerprint density at radius 2 is 1.70 bits per heavy atom. The molecule has 0 spiro atoms. The fraction of sp³-hybridized carbons (Fsp3) is 0.389. The second-order valence-electron chi connectivity index (χ2n) is 12.9. The van der Waals surface area contributed by atoms with Gasteiger partial charge in [-0.25, -0.2) is 19.2 Å². The van der Waals surface area contributed by atoms with E-state index in [1.165, 1.54) is 59.8 Å². The lowest BCUT2D eigenvalue weighted by Crippen LogP contribution is -2.46. The van der Waals surface area contributed by atoms with Gasteiger partial charge in [-0.1, -0.05) is 35.9 Å². The summed E-state index contributed by atoms with van der Waals surface area (Å²) in [4.78, 5) is 72.3. The molecule has 284 valence electrons. The van der Waals surface area contributed by atoms with Gasteiger partial charge in [0, 0.05) is 47.2 Å². The van der Waals surface area contributed by atoms with Crippen molar-refractivity contribution in [2.45, 2.75) is 78.2 Å².